The molecule has 2 aromatic rings. The lowest BCUT2D eigenvalue weighted by molar-refractivity contribution is 0.564. The summed E-state index contributed by atoms with van der Waals surface area (Å²) in [5.41, 5.74) is 2.75. The van der Waals surface area contributed by atoms with E-state index in [1.165, 1.54) is 11.1 Å². The topological polar surface area (TPSA) is 42.7 Å². The van der Waals surface area contributed by atoms with Gasteiger partial charge in [0, 0.05) is 26.1 Å². The van der Waals surface area contributed by atoms with Crippen molar-refractivity contribution in [1.29, 1.82) is 0 Å². The van der Waals surface area contributed by atoms with Crippen LogP contribution in [0.4, 0.5) is 0 Å². The second-order valence-electron chi connectivity index (χ2n) is 6.12. The van der Waals surface area contributed by atoms with Gasteiger partial charge in [-0.05, 0) is 30.4 Å². The van der Waals surface area contributed by atoms with Crippen molar-refractivity contribution in [2.45, 2.75) is 39.7 Å². The molecule has 1 unspecified atom stereocenters. The lowest BCUT2D eigenvalue weighted by Gasteiger charge is -2.15. The van der Waals surface area contributed by atoms with E-state index in [1.54, 1.807) is 6.33 Å². The Bertz CT molecular complexity index is 542. The van der Waals surface area contributed by atoms with Gasteiger partial charge in [-0.2, -0.15) is 0 Å². The molecule has 0 aliphatic carbocycles. The Labute approximate surface area is 127 Å². The average Bonchev–Trinajstić information content (AvgIpc) is 2.84. The Kier molecular flexibility index (Phi) is 5.51. The van der Waals surface area contributed by atoms with Gasteiger partial charge in [-0.3, -0.25) is 0 Å². The highest BCUT2D eigenvalue weighted by molar-refractivity contribution is 5.25. The Hall–Kier alpha value is -1.68. The quantitative estimate of drug-likeness (QED) is 0.851. The van der Waals surface area contributed by atoms with Crippen LogP contribution in [-0.2, 0) is 19.9 Å². The molecule has 1 N–H and O–H groups in total. The van der Waals surface area contributed by atoms with Crippen LogP contribution in [0.2, 0.25) is 0 Å². The average molecular weight is 286 g/mol. The van der Waals surface area contributed by atoms with Gasteiger partial charge in [0.05, 0.1) is 0 Å². The summed E-state index contributed by atoms with van der Waals surface area (Å²) in [7, 11) is 1.98. The first-order valence-electron chi connectivity index (χ1n) is 7.71. The number of benzene rings is 1. The van der Waals surface area contributed by atoms with Crippen molar-refractivity contribution in [1.82, 2.24) is 20.1 Å². The van der Waals surface area contributed by atoms with E-state index in [2.05, 4.69) is 60.6 Å². The third-order valence-electron chi connectivity index (χ3n) is 3.73. The SMILES string of the molecule is CC(C)Cc1ccc(C(C)NCCc2nncn2C)cc1. The lowest BCUT2D eigenvalue weighted by Crippen LogP contribution is -2.22. The number of hydrogen-bond donors (Lipinski definition) is 1. The predicted octanol–water partition coefficient (Wildman–Crippen LogP) is 2.91. The molecule has 0 saturated heterocycles. The van der Waals surface area contributed by atoms with Gasteiger partial charge in [0.15, 0.2) is 0 Å². The summed E-state index contributed by atoms with van der Waals surface area (Å²) in [6.45, 7) is 7.62. The third-order valence-corrected chi connectivity index (χ3v) is 3.73. The van der Waals surface area contributed by atoms with E-state index in [-0.39, 0.29) is 0 Å². The van der Waals surface area contributed by atoms with E-state index in [4.69, 9.17) is 0 Å². The fourth-order valence-electron chi connectivity index (χ4n) is 2.47. The summed E-state index contributed by atoms with van der Waals surface area (Å²) < 4.78 is 1.97. The fourth-order valence-corrected chi connectivity index (χ4v) is 2.47. The van der Waals surface area contributed by atoms with E-state index in [0.29, 0.717) is 12.0 Å². The number of hydrogen-bond acceptors (Lipinski definition) is 3. The zero-order valence-electron chi connectivity index (χ0n) is 13.5. The monoisotopic (exact) mass is 286 g/mol. The van der Waals surface area contributed by atoms with Crippen molar-refractivity contribution in [3.63, 3.8) is 0 Å². The molecule has 4 nitrogen and oxygen atoms in total. The molecule has 0 spiro atoms. The summed E-state index contributed by atoms with van der Waals surface area (Å²) in [6, 6.07) is 9.31. The summed E-state index contributed by atoms with van der Waals surface area (Å²) >= 11 is 0. The van der Waals surface area contributed by atoms with Crippen molar-refractivity contribution >= 4 is 0 Å². The minimum atomic E-state index is 0.353. The number of nitrogens with one attached hydrogen (secondary N) is 1. The molecule has 0 fully saturated rings. The molecular weight excluding hydrogens is 260 g/mol. The van der Waals surface area contributed by atoms with E-state index in [9.17, 15) is 0 Å². The highest BCUT2D eigenvalue weighted by Crippen LogP contribution is 2.15. The standard InChI is InChI=1S/C17H26N4/c1-13(2)11-15-5-7-16(8-6-15)14(3)18-10-9-17-20-19-12-21(17)4/h5-8,12-14,18H,9-11H2,1-4H3. The highest BCUT2D eigenvalue weighted by atomic mass is 15.2. The van der Waals surface area contributed by atoms with Gasteiger partial charge in [-0.25, -0.2) is 0 Å². The summed E-state index contributed by atoms with van der Waals surface area (Å²) in [4.78, 5) is 0. The van der Waals surface area contributed by atoms with Crippen LogP contribution in [0.3, 0.4) is 0 Å². The molecule has 1 aromatic carbocycles. The summed E-state index contributed by atoms with van der Waals surface area (Å²) in [5, 5.41) is 11.5. The Balaban J connectivity index is 1.82. The van der Waals surface area contributed by atoms with Gasteiger partial charge in [0.2, 0.25) is 0 Å². The van der Waals surface area contributed by atoms with Crippen LogP contribution in [0.25, 0.3) is 0 Å². The van der Waals surface area contributed by atoms with Crippen molar-refractivity contribution in [2.75, 3.05) is 6.54 Å². The number of aromatic nitrogens is 3. The molecule has 0 amide bonds. The molecule has 21 heavy (non-hydrogen) atoms. The summed E-state index contributed by atoms with van der Waals surface area (Å²) in [5.74, 6) is 1.72. The molecule has 1 heterocycles. The van der Waals surface area contributed by atoms with Crippen molar-refractivity contribution in [3.05, 3.63) is 47.5 Å². The largest absolute Gasteiger partial charge is 0.321 e. The molecule has 4 heteroatoms. The first-order valence-corrected chi connectivity index (χ1v) is 7.71. The van der Waals surface area contributed by atoms with E-state index in [1.807, 2.05) is 11.6 Å². The molecular formula is C17H26N4. The Morgan fingerprint density at radius 2 is 1.86 bits per heavy atom. The molecule has 0 bridgehead atoms. The Morgan fingerprint density at radius 1 is 1.14 bits per heavy atom. The molecule has 0 radical (unpaired) electrons. The number of aryl methyl sites for hydroxylation is 1. The van der Waals surface area contributed by atoms with Crippen LogP contribution in [0, 0.1) is 5.92 Å². The van der Waals surface area contributed by atoms with Gasteiger partial charge in [-0.1, -0.05) is 38.1 Å². The van der Waals surface area contributed by atoms with Gasteiger partial charge in [0.1, 0.15) is 12.2 Å². The van der Waals surface area contributed by atoms with Crippen LogP contribution in [0.5, 0.6) is 0 Å². The molecule has 1 aromatic heterocycles. The van der Waals surface area contributed by atoms with Gasteiger partial charge in [0.25, 0.3) is 0 Å². The molecule has 0 saturated carbocycles. The van der Waals surface area contributed by atoms with E-state index >= 15 is 0 Å². The lowest BCUT2D eigenvalue weighted by atomic mass is 10.00. The fraction of sp³-hybridized carbons (Fsp3) is 0.529. The number of nitrogens with zero attached hydrogens (tertiary/aromatic N) is 3. The third kappa shape index (κ3) is 4.67. The van der Waals surface area contributed by atoms with Gasteiger partial charge in [-0.15, -0.1) is 10.2 Å². The smallest absolute Gasteiger partial charge is 0.133 e. The van der Waals surface area contributed by atoms with E-state index < -0.39 is 0 Å². The molecule has 2 rings (SSSR count). The molecule has 1 atom stereocenters. The van der Waals surface area contributed by atoms with Crippen molar-refractivity contribution in [2.24, 2.45) is 13.0 Å². The minimum absolute atomic E-state index is 0.353. The maximum absolute atomic E-state index is 4.10. The van der Waals surface area contributed by atoms with Crippen LogP contribution >= 0.6 is 0 Å². The van der Waals surface area contributed by atoms with Gasteiger partial charge < -0.3 is 9.88 Å². The Morgan fingerprint density at radius 3 is 2.43 bits per heavy atom. The predicted molar refractivity (Wildman–Crippen MR) is 86.1 cm³/mol. The number of rotatable bonds is 7. The molecule has 0 aliphatic rings. The van der Waals surface area contributed by atoms with Gasteiger partial charge >= 0.3 is 0 Å². The second kappa shape index (κ2) is 7.36. The van der Waals surface area contributed by atoms with Crippen molar-refractivity contribution in [3.8, 4) is 0 Å². The normalized spacial score (nSPS) is 12.8. The maximum Gasteiger partial charge on any atom is 0.133 e. The minimum Gasteiger partial charge on any atom is -0.321 e. The maximum atomic E-state index is 4.10. The van der Waals surface area contributed by atoms with Crippen LogP contribution in [0.1, 0.15) is 43.8 Å². The molecule has 114 valence electrons. The van der Waals surface area contributed by atoms with Crippen molar-refractivity contribution < 1.29 is 0 Å². The second-order valence-corrected chi connectivity index (χ2v) is 6.12. The van der Waals surface area contributed by atoms with Crippen LogP contribution in [0.15, 0.2) is 30.6 Å². The first kappa shape index (κ1) is 15.7. The van der Waals surface area contributed by atoms with Crippen LogP contribution < -0.4 is 5.32 Å². The zero-order chi connectivity index (χ0) is 15.2. The zero-order valence-corrected chi connectivity index (χ0v) is 13.5. The van der Waals surface area contributed by atoms with Crippen LogP contribution in [-0.4, -0.2) is 21.3 Å². The van der Waals surface area contributed by atoms with E-state index in [0.717, 1.165) is 25.2 Å². The summed E-state index contributed by atoms with van der Waals surface area (Å²) in [6.07, 6.45) is 3.78. The molecule has 0 aliphatic heterocycles. The first-order chi connectivity index (χ1) is 10.1. The highest BCUT2D eigenvalue weighted by Gasteiger charge is 2.06.